The Morgan fingerprint density at radius 1 is 1.35 bits per heavy atom. The third-order valence-corrected chi connectivity index (χ3v) is 3.17. The van der Waals surface area contributed by atoms with E-state index >= 15 is 0 Å². The summed E-state index contributed by atoms with van der Waals surface area (Å²) in [5.41, 5.74) is 0. The number of hydrogen-bond donors (Lipinski definition) is 0. The molecule has 1 unspecified atom stereocenters. The van der Waals surface area contributed by atoms with E-state index in [0.717, 1.165) is 13.0 Å². The van der Waals surface area contributed by atoms with Crippen LogP contribution < -0.4 is 0 Å². The lowest BCUT2D eigenvalue weighted by Gasteiger charge is -2.40. The van der Waals surface area contributed by atoms with Gasteiger partial charge in [0.1, 0.15) is 6.04 Å². The molecule has 1 atom stereocenters. The number of likely N-dealkylation sites (tertiary alicyclic amines) is 1. The normalized spacial score (nSPS) is 27.4. The van der Waals surface area contributed by atoms with E-state index in [1.165, 1.54) is 7.11 Å². The van der Waals surface area contributed by atoms with Crippen LogP contribution in [0.5, 0.6) is 0 Å². The molecule has 2 saturated heterocycles. The molecule has 0 amide bonds. The molecule has 0 saturated carbocycles. The van der Waals surface area contributed by atoms with Gasteiger partial charge in [-0.15, -0.1) is 0 Å². The monoisotopic (exact) mass is 245 g/mol. The molecular formula is C12H23NO4. The number of likely N-dealkylation sites (N-methyl/N-ethyl adjacent to an activating group) is 1. The van der Waals surface area contributed by atoms with Gasteiger partial charge in [0.05, 0.1) is 20.3 Å². The Kier molecular flexibility index (Phi) is 5.36. The zero-order valence-electron chi connectivity index (χ0n) is 11.2. The number of methoxy groups -OCH3 is 1. The number of nitrogens with zero attached hydrogens (tertiary/aromatic N) is 1. The van der Waals surface area contributed by atoms with Crippen LogP contribution >= 0.6 is 0 Å². The van der Waals surface area contributed by atoms with Gasteiger partial charge in [0, 0.05) is 19.4 Å². The highest BCUT2D eigenvalue weighted by molar-refractivity contribution is 5.75. The van der Waals surface area contributed by atoms with Crippen molar-refractivity contribution >= 4 is 5.97 Å². The molecule has 0 aliphatic carbocycles. The highest BCUT2D eigenvalue weighted by Gasteiger charge is 2.45. The van der Waals surface area contributed by atoms with Crippen LogP contribution in [0.4, 0.5) is 0 Å². The van der Waals surface area contributed by atoms with Crippen LogP contribution in [-0.2, 0) is 19.0 Å². The van der Waals surface area contributed by atoms with Crippen LogP contribution in [0.15, 0.2) is 0 Å². The third-order valence-electron chi connectivity index (χ3n) is 3.17. The maximum atomic E-state index is 11.5. The van der Waals surface area contributed by atoms with E-state index in [1.54, 1.807) is 0 Å². The molecule has 0 radical (unpaired) electrons. The Hall–Kier alpha value is -0.650. The SMILES string of the molecule is CC.COC(=O)C1CC2(CCN1C)OCCO2. The lowest BCUT2D eigenvalue weighted by atomic mass is 9.96. The van der Waals surface area contributed by atoms with Crippen molar-refractivity contribution in [2.24, 2.45) is 0 Å². The van der Waals surface area contributed by atoms with Gasteiger partial charge in [-0.2, -0.15) is 0 Å². The summed E-state index contributed by atoms with van der Waals surface area (Å²) in [6, 6.07) is -0.248. The zero-order valence-corrected chi connectivity index (χ0v) is 11.2. The van der Waals surface area contributed by atoms with Crippen molar-refractivity contribution in [2.75, 3.05) is 33.9 Å². The lowest BCUT2D eigenvalue weighted by Crippen LogP contribution is -2.53. The van der Waals surface area contributed by atoms with Crippen molar-refractivity contribution in [3.8, 4) is 0 Å². The van der Waals surface area contributed by atoms with Gasteiger partial charge < -0.3 is 14.2 Å². The lowest BCUT2D eigenvalue weighted by molar-refractivity contribution is -0.201. The van der Waals surface area contributed by atoms with E-state index < -0.39 is 5.79 Å². The number of esters is 1. The first-order valence-electron chi connectivity index (χ1n) is 6.23. The predicted molar refractivity (Wildman–Crippen MR) is 63.7 cm³/mol. The number of carbonyl (C=O) groups is 1. The fourth-order valence-corrected chi connectivity index (χ4v) is 2.21. The van der Waals surface area contributed by atoms with Crippen LogP contribution in [0.25, 0.3) is 0 Å². The molecule has 17 heavy (non-hydrogen) atoms. The summed E-state index contributed by atoms with van der Waals surface area (Å²) in [4.78, 5) is 13.5. The first-order chi connectivity index (χ1) is 8.17. The quantitative estimate of drug-likeness (QED) is 0.646. The molecule has 2 rings (SSSR count). The minimum absolute atomic E-state index is 0.212. The van der Waals surface area contributed by atoms with Gasteiger partial charge in [-0.25, -0.2) is 0 Å². The maximum absolute atomic E-state index is 11.5. The number of carbonyl (C=O) groups excluding carboxylic acids is 1. The fraction of sp³-hybridized carbons (Fsp3) is 0.917. The summed E-state index contributed by atoms with van der Waals surface area (Å²) in [6.45, 7) is 6.04. The van der Waals surface area contributed by atoms with Crippen LogP contribution in [-0.4, -0.2) is 56.6 Å². The Labute approximate surface area is 103 Å². The summed E-state index contributed by atoms with van der Waals surface area (Å²) < 4.78 is 16.0. The van der Waals surface area contributed by atoms with Crippen LogP contribution in [0.3, 0.4) is 0 Å². The molecule has 1 spiro atoms. The highest BCUT2D eigenvalue weighted by atomic mass is 16.7. The third kappa shape index (κ3) is 3.18. The summed E-state index contributed by atoms with van der Waals surface area (Å²) in [6.07, 6.45) is 1.38. The average molecular weight is 245 g/mol. The van der Waals surface area contributed by atoms with Gasteiger partial charge in [-0.3, -0.25) is 9.69 Å². The highest BCUT2D eigenvalue weighted by Crippen LogP contribution is 2.34. The molecule has 0 N–H and O–H groups in total. The van der Waals surface area contributed by atoms with Crippen LogP contribution in [0, 0.1) is 0 Å². The smallest absolute Gasteiger partial charge is 0.323 e. The molecule has 0 aromatic carbocycles. The van der Waals surface area contributed by atoms with E-state index in [0.29, 0.717) is 19.6 Å². The Bertz CT molecular complexity index is 251. The first-order valence-corrected chi connectivity index (χ1v) is 6.23. The molecule has 0 aromatic rings. The molecule has 2 heterocycles. The van der Waals surface area contributed by atoms with Crippen molar-refractivity contribution in [1.29, 1.82) is 0 Å². The largest absolute Gasteiger partial charge is 0.468 e. The first kappa shape index (κ1) is 14.4. The van der Waals surface area contributed by atoms with Gasteiger partial charge in [0.25, 0.3) is 0 Å². The number of ether oxygens (including phenoxy) is 3. The van der Waals surface area contributed by atoms with E-state index in [4.69, 9.17) is 14.2 Å². The zero-order chi connectivity index (χ0) is 12.9. The van der Waals surface area contributed by atoms with E-state index in [1.807, 2.05) is 25.8 Å². The molecule has 5 nitrogen and oxygen atoms in total. The van der Waals surface area contributed by atoms with Crippen molar-refractivity contribution in [3.05, 3.63) is 0 Å². The van der Waals surface area contributed by atoms with E-state index in [9.17, 15) is 4.79 Å². The maximum Gasteiger partial charge on any atom is 0.323 e. The van der Waals surface area contributed by atoms with Gasteiger partial charge in [0.2, 0.25) is 0 Å². The predicted octanol–water partition coefficient (Wildman–Crippen LogP) is 1.02. The minimum atomic E-state index is -0.536. The van der Waals surface area contributed by atoms with Crippen molar-refractivity contribution in [2.45, 2.75) is 38.5 Å². The molecule has 0 bridgehead atoms. The second-order valence-electron chi connectivity index (χ2n) is 4.08. The van der Waals surface area contributed by atoms with Gasteiger partial charge >= 0.3 is 5.97 Å². The molecule has 5 heteroatoms. The summed E-state index contributed by atoms with van der Waals surface area (Å²) in [7, 11) is 3.33. The van der Waals surface area contributed by atoms with E-state index in [-0.39, 0.29) is 12.0 Å². The Morgan fingerprint density at radius 3 is 2.47 bits per heavy atom. The van der Waals surface area contributed by atoms with Crippen molar-refractivity contribution in [3.63, 3.8) is 0 Å². The summed E-state index contributed by atoms with van der Waals surface area (Å²) >= 11 is 0. The average Bonchev–Trinajstić information content (AvgIpc) is 2.83. The molecule has 2 aliphatic heterocycles. The van der Waals surface area contributed by atoms with Crippen LogP contribution in [0.2, 0.25) is 0 Å². The number of hydrogen-bond acceptors (Lipinski definition) is 5. The number of rotatable bonds is 1. The number of piperidine rings is 1. The van der Waals surface area contributed by atoms with Crippen molar-refractivity contribution < 1.29 is 19.0 Å². The second kappa shape index (κ2) is 6.33. The second-order valence-corrected chi connectivity index (χ2v) is 4.08. The van der Waals surface area contributed by atoms with E-state index in [2.05, 4.69) is 0 Å². The van der Waals surface area contributed by atoms with Crippen LogP contribution in [0.1, 0.15) is 26.7 Å². The molecule has 2 aliphatic rings. The topological polar surface area (TPSA) is 48.0 Å². The van der Waals surface area contributed by atoms with Gasteiger partial charge in [0.15, 0.2) is 5.79 Å². The Morgan fingerprint density at radius 2 is 1.94 bits per heavy atom. The van der Waals surface area contributed by atoms with Gasteiger partial charge in [-0.05, 0) is 7.05 Å². The molecule has 2 fully saturated rings. The summed E-state index contributed by atoms with van der Waals surface area (Å²) in [5, 5.41) is 0. The minimum Gasteiger partial charge on any atom is -0.468 e. The van der Waals surface area contributed by atoms with Gasteiger partial charge in [-0.1, -0.05) is 13.8 Å². The fourth-order valence-electron chi connectivity index (χ4n) is 2.21. The molecule has 0 aromatic heterocycles. The Balaban J connectivity index is 0.000000686. The standard InChI is InChI=1S/C10H17NO4.C2H6/c1-11-4-3-10(14-5-6-15-10)7-8(11)9(12)13-2;1-2/h8H,3-7H2,1-2H3;1-2H3. The molecular weight excluding hydrogens is 222 g/mol. The molecule has 100 valence electrons. The van der Waals surface area contributed by atoms with Crippen molar-refractivity contribution in [1.82, 2.24) is 4.90 Å². The summed E-state index contributed by atoms with van der Waals surface area (Å²) in [5.74, 6) is -0.749.